The van der Waals surface area contributed by atoms with Crippen LogP contribution in [0.4, 0.5) is 0 Å². The Balaban J connectivity index is 2.00. The maximum absolute atomic E-state index is 11.9. The monoisotopic (exact) mass is 189 g/mol. The number of rotatable bonds is 2. The Bertz CT molecular complexity index is 313. The molecule has 74 valence electrons. The van der Waals surface area contributed by atoms with Crippen LogP contribution in [0, 0.1) is 30.1 Å². The molecule has 3 atom stereocenters. The first-order valence-corrected chi connectivity index (χ1v) is 5.09. The van der Waals surface area contributed by atoms with Crippen LogP contribution < -0.4 is 0 Å². The van der Waals surface area contributed by atoms with Crippen molar-refractivity contribution in [3.63, 3.8) is 0 Å². The second kappa shape index (κ2) is 3.49. The molecule has 2 rings (SSSR count). The molecule has 1 fully saturated rings. The second-order valence-electron chi connectivity index (χ2n) is 4.29. The number of amides is 1. The first-order valence-electron chi connectivity index (χ1n) is 5.09. The molecule has 0 aromatic rings. The van der Waals surface area contributed by atoms with Crippen molar-refractivity contribution in [1.82, 2.24) is 4.90 Å². The van der Waals surface area contributed by atoms with Gasteiger partial charge in [-0.3, -0.25) is 4.79 Å². The maximum Gasteiger partial charge on any atom is 0.226 e. The van der Waals surface area contributed by atoms with E-state index in [9.17, 15) is 4.79 Å². The Morgan fingerprint density at radius 2 is 2.36 bits per heavy atom. The van der Waals surface area contributed by atoms with Crippen LogP contribution in [-0.4, -0.2) is 24.4 Å². The molecule has 3 unspecified atom stereocenters. The average Bonchev–Trinajstić information content (AvgIpc) is 2.77. The number of nitrogens with zero attached hydrogens (tertiary/aromatic N) is 1. The topological polar surface area (TPSA) is 20.3 Å². The molecule has 2 nitrogen and oxygen atoms in total. The van der Waals surface area contributed by atoms with Crippen LogP contribution in [0.1, 0.15) is 12.8 Å². The van der Waals surface area contributed by atoms with Gasteiger partial charge in [0.15, 0.2) is 0 Å². The SMILES string of the molecule is C#CCN(C)C(=O)C1CC2C=CC1C2. The minimum absolute atomic E-state index is 0.198. The molecule has 0 aromatic carbocycles. The zero-order chi connectivity index (χ0) is 10.1. The fourth-order valence-electron chi connectivity index (χ4n) is 2.56. The van der Waals surface area contributed by atoms with Crippen molar-refractivity contribution in [2.75, 3.05) is 13.6 Å². The molecular formula is C12H15NO. The molecule has 0 saturated heterocycles. The Morgan fingerprint density at radius 1 is 1.57 bits per heavy atom. The number of fused-ring (bicyclic) bond motifs is 2. The smallest absolute Gasteiger partial charge is 0.226 e. The molecule has 0 aromatic heterocycles. The van der Waals surface area contributed by atoms with Gasteiger partial charge in [-0.1, -0.05) is 18.1 Å². The standard InChI is InChI=1S/C12H15NO/c1-3-6-13(2)12(14)11-8-9-4-5-10(11)7-9/h1,4-5,9-11H,6-8H2,2H3. The van der Waals surface area contributed by atoms with Gasteiger partial charge in [0.1, 0.15) is 0 Å². The van der Waals surface area contributed by atoms with Crippen LogP contribution in [0.25, 0.3) is 0 Å². The normalized spacial score (nSPS) is 33.0. The van der Waals surface area contributed by atoms with Gasteiger partial charge in [0.25, 0.3) is 0 Å². The van der Waals surface area contributed by atoms with Crippen LogP contribution in [-0.2, 0) is 4.79 Å². The molecule has 14 heavy (non-hydrogen) atoms. The summed E-state index contributed by atoms with van der Waals surface area (Å²) < 4.78 is 0. The van der Waals surface area contributed by atoms with E-state index in [0.29, 0.717) is 18.4 Å². The van der Waals surface area contributed by atoms with Gasteiger partial charge >= 0.3 is 0 Å². The van der Waals surface area contributed by atoms with Gasteiger partial charge in [-0.05, 0) is 24.7 Å². The van der Waals surface area contributed by atoms with Crippen LogP contribution >= 0.6 is 0 Å². The minimum Gasteiger partial charge on any atom is -0.334 e. The van der Waals surface area contributed by atoms with Gasteiger partial charge in [0.2, 0.25) is 5.91 Å². The van der Waals surface area contributed by atoms with Crippen molar-refractivity contribution >= 4 is 5.91 Å². The van der Waals surface area contributed by atoms with Gasteiger partial charge in [0.05, 0.1) is 6.54 Å². The highest BCUT2D eigenvalue weighted by atomic mass is 16.2. The quantitative estimate of drug-likeness (QED) is 0.473. The molecule has 0 N–H and O–H groups in total. The summed E-state index contributed by atoms with van der Waals surface area (Å²) in [5.41, 5.74) is 0. The summed E-state index contributed by atoms with van der Waals surface area (Å²) in [5, 5.41) is 0. The first-order chi connectivity index (χ1) is 6.72. The molecule has 0 heterocycles. The predicted molar refractivity (Wildman–Crippen MR) is 55.3 cm³/mol. The minimum atomic E-state index is 0.198. The highest BCUT2D eigenvalue weighted by Crippen LogP contribution is 2.43. The number of terminal acetylenes is 1. The lowest BCUT2D eigenvalue weighted by Gasteiger charge is -2.23. The van der Waals surface area contributed by atoms with E-state index in [1.165, 1.54) is 6.42 Å². The maximum atomic E-state index is 11.9. The summed E-state index contributed by atoms with van der Waals surface area (Å²) in [6.45, 7) is 0.427. The molecule has 2 aliphatic carbocycles. The Hall–Kier alpha value is -1.23. The zero-order valence-corrected chi connectivity index (χ0v) is 8.44. The van der Waals surface area contributed by atoms with Crippen molar-refractivity contribution in [3.8, 4) is 12.3 Å². The van der Waals surface area contributed by atoms with Crippen molar-refractivity contribution < 1.29 is 4.79 Å². The lowest BCUT2D eigenvalue weighted by atomic mass is 9.92. The van der Waals surface area contributed by atoms with Crippen LogP contribution in [0.5, 0.6) is 0 Å². The second-order valence-corrected chi connectivity index (χ2v) is 4.29. The van der Waals surface area contributed by atoms with Crippen molar-refractivity contribution in [1.29, 1.82) is 0 Å². The van der Waals surface area contributed by atoms with Crippen LogP contribution in [0.15, 0.2) is 12.2 Å². The van der Waals surface area contributed by atoms with Crippen molar-refractivity contribution in [3.05, 3.63) is 12.2 Å². The largest absolute Gasteiger partial charge is 0.334 e. The fraction of sp³-hybridized carbons (Fsp3) is 0.583. The molecular weight excluding hydrogens is 174 g/mol. The highest BCUT2D eigenvalue weighted by molar-refractivity contribution is 5.80. The lowest BCUT2D eigenvalue weighted by molar-refractivity contribution is -0.134. The van der Waals surface area contributed by atoms with Crippen molar-refractivity contribution in [2.24, 2.45) is 17.8 Å². The molecule has 0 aliphatic heterocycles. The molecule has 1 saturated carbocycles. The van der Waals surface area contributed by atoms with E-state index in [0.717, 1.165) is 6.42 Å². The summed E-state index contributed by atoms with van der Waals surface area (Å²) in [4.78, 5) is 13.6. The van der Waals surface area contributed by atoms with Gasteiger partial charge in [0, 0.05) is 13.0 Å². The third-order valence-electron chi connectivity index (χ3n) is 3.30. The van der Waals surface area contributed by atoms with Gasteiger partial charge in [-0.25, -0.2) is 0 Å². The summed E-state index contributed by atoms with van der Waals surface area (Å²) in [7, 11) is 1.79. The summed E-state index contributed by atoms with van der Waals surface area (Å²) in [6.07, 6.45) is 11.8. The third kappa shape index (κ3) is 1.43. The fourth-order valence-corrected chi connectivity index (χ4v) is 2.56. The van der Waals surface area contributed by atoms with Crippen molar-refractivity contribution in [2.45, 2.75) is 12.8 Å². The predicted octanol–water partition coefficient (Wildman–Crippen LogP) is 1.29. The Labute approximate surface area is 85.0 Å². The van der Waals surface area contributed by atoms with Crippen LogP contribution in [0.2, 0.25) is 0 Å². The molecule has 0 radical (unpaired) electrons. The first kappa shape index (κ1) is 9.33. The molecule has 1 amide bonds. The zero-order valence-electron chi connectivity index (χ0n) is 8.44. The summed E-state index contributed by atoms with van der Waals surface area (Å²) >= 11 is 0. The number of carbonyl (C=O) groups is 1. The highest BCUT2D eigenvalue weighted by Gasteiger charge is 2.40. The lowest BCUT2D eigenvalue weighted by Crippen LogP contribution is -2.34. The molecule has 2 aliphatic rings. The summed E-state index contributed by atoms with van der Waals surface area (Å²) in [6, 6.07) is 0. The van der Waals surface area contributed by atoms with E-state index in [2.05, 4.69) is 18.1 Å². The Kier molecular flexibility index (Phi) is 2.33. The van der Waals surface area contributed by atoms with E-state index in [-0.39, 0.29) is 11.8 Å². The number of hydrogen-bond donors (Lipinski definition) is 0. The summed E-state index contributed by atoms with van der Waals surface area (Å²) in [5.74, 6) is 4.05. The van der Waals surface area contributed by atoms with Crippen LogP contribution in [0.3, 0.4) is 0 Å². The van der Waals surface area contributed by atoms with E-state index in [4.69, 9.17) is 6.42 Å². The van der Waals surface area contributed by atoms with Gasteiger partial charge in [-0.2, -0.15) is 0 Å². The number of hydrogen-bond acceptors (Lipinski definition) is 1. The number of allylic oxidation sites excluding steroid dienone is 2. The van der Waals surface area contributed by atoms with Gasteiger partial charge < -0.3 is 4.90 Å². The van der Waals surface area contributed by atoms with Gasteiger partial charge in [-0.15, -0.1) is 6.42 Å². The molecule has 0 spiro atoms. The average molecular weight is 189 g/mol. The third-order valence-corrected chi connectivity index (χ3v) is 3.30. The van der Waals surface area contributed by atoms with E-state index >= 15 is 0 Å². The molecule has 2 bridgehead atoms. The number of carbonyl (C=O) groups excluding carboxylic acids is 1. The van der Waals surface area contributed by atoms with E-state index < -0.39 is 0 Å². The van der Waals surface area contributed by atoms with E-state index in [1.54, 1.807) is 11.9 Å². The van der Waals surface area contributed by atoms with E-state index in [1.807, 2.05) is 0 Å². The Morgan fingerprint density at radius 3 is 2.86 bits per heavy atom. The molecule has 2 heteroatoms.